The van der Waals surface area contributed by atoms with E-state index >= 15 is 0 Å². The summed E-state index contributed by atoms with van der Waals surface area (Å²) in [6.07, 6.45) is -0.623. The Balaban J connectivity index is 1.47. The number of amides is 3. The van der Waals surface area contributed by atoms with Crippen LogP contribution in [-0.2, 0) is 11.3 Å². The third-order valence-corrected chi connectivity index (χ3v) is 6.49. The molecule has 5 rings (SSSR count). The molecule has 1 heterocycles. The third-order valence-electron chi connectivity index (χ3n) is 6.49. The normalized spacial score (nSPS) is 13.4. The molecule has 4 aromatic rings. The number of carbonyl (C=O) groups is 3. The smallest absolute Gasteiger partial charge is 0.407 e. The number of benzene rings is 4. The van der Waals surface area contributed by atoms with Gasteiger partial charge in [-0.05, 0) is 28.8 Å². The molecule has 0 saturated carbocycles. The van der Waals surface area contributed by atoms with Crippen molar-refractivity contribution < 1.29 is 19.1 Å². The Morgan fingerprint density at radius 2 is 1.14 bits per heavy atom. The molecular formula is C31H26N2O4. The Kier molecular flexibility index (Phi) is 7.08. The Hall–Kier alpha value is -4.71. The lowest BCUT2D eigenvalue weighted by Crippen LogP contribution is -2.49. The topological polar surface area (TPSA) is 75.7 Å². The molecule has 6 heteroatoms. The molecule has 37 heavy (non-hydrogen) atoms. The molecule has 0 aromatic heterocycles. The summed E-state index contributed by atoms with van der Waals surface area (Å²) in [5.41, 5.74) is 3.48. The van der Waals surface area contributed by atoms with Gasteiger partial charge in [0.25, 0.3) is 11.8 Å². The fourth-order valence-corrected chi connectivity index (χ4v) is 4.73. The highest BCUT2D eigenvalue weighted by atomic mass is 16.5. The van der Waals surface area contributed by atoms with Crippen LogP contribution < -0.4 is 5.32 Å². The van der Waals surface area contributed by atoms with Crippen molar-refractivity contribution >= 4 is 17.9 Å². The molecule has 0 saturated heterocycles. The van der Waals surface area contributed by atoms with Crippen LogP contribution in [-0.4, -0.2) is 35.4 Å². The van der Waals surface area contributed by atoms with Gasteiger partial charge in [0.1, 0.15) is 6.61 Å². The maximum absolute atomic E-state index is 13.2. The zero-order chi connectivity index (χ0) is 25.6. The molecule has 6 nitrogen and oxygen atoms in total. The monoisotopic (exact) mass is 490 g/mol. The first-order valence-corrected chi connectivity index (χ1v) is 12.1. The Morgan fingerprint density at radius 1 is 0.676 bits per heavy atom. The number of fused-ring (bicyclic) bond motifs is 1. The van der Waals surface area contributed by atoms with Crippen LogP contribution in [0.25, 0.3) is 0 Å². The summed E-state index contributed by atoms with van der Waals surface area (Å²) in [5.74, 6) is -1.08. The van der Waals surface area contributed by atoms with E-state index in [0.29, 0.717) is 11.1 Å². The van der Waals surface area contributed by atoms with Crippen molar-refractivity contribution in [2.24, 2.45) is 0 Å². The highest BCUT2D eigenvalue weighted by Crippen LogP contribution is 2.31. The van der Waals surface area contributed by atoms with Gasteiger partial charge >= 0.3 is 6.09 Å². The zero-order valence-electron chi connectivity index (χ0n) is 20.1. The minimum atomic E-state index is -0.643. The second kappa shape index (κ2) is 10.9. The fourth-order valence-electron chi connectivity index (χ4n) is 4.73. The maximum atomic E-state index is 13.2. The predicted octanol–water partition coefficient (Wildman–Crippen LogP) is 5.41. The molecule has 0 aliphatic carbocycles. The summed E-state index contributed by atoms with van der Waals surface area (Å²) in [6.45, 7) is 0.0923. The molecule has 3 amide bonds. The Labute approximate surface area is 215 Å². The number of nitrogens with zero attached hydrogens (tertiary/aromatic N) is 1. The van der Waals surface area contributed by atoms with E-state index in [2.05, 4.69) is 5.32 Å². The van der Waals surface area contributed by atoms with Crippen LogP contribution in [0, 0.1) is 0 Å². The van der Waals surface area contributed by atoms with Crippen LogP contribution in [0.1, 0.15) is 43.3 Å². The molecule has 0 spiro atoms. The maximum Gasteiger partial charge on any atom is 0.407 e. The van der Waals surface area contributed by atoms with E-state index in [-0.39, 0.29) is 30.9 Å². The molecule has 0 fully saturated rings. The van der Waals surface area contributed by atoms with E-state index < -0.39 is 12.1 Å². The molecular weight excluding hydrogens is 464 g/mol. The lowest BCUT2D eigenvalue weighted by Gasteiger charge is -2.31. The quantitative estimate of drug-likeness (QED) is 0.335. The first-order chi connectivity index (χ1) is 18.1. The van der Waals surface area contributed by atoms with Gasteiger partial charge in [-0.15, -0.1) is 0 Å². The SMILES string of the molecule is O=C(NC(CN1C(=O)c2ccccc2C1=O)C(c1ccccc1)c1ccccc1)OCc1ccccc1. The van der Waals surface area contributed by atoms with Crippen LogP contribution in [0.15, 0.2) is 115 Å². The summed E-state index contributed by atoms with van der Waals surface area (Å²) >= 11 is 0. The summed E-state index contributed by atoms with van der Waals surface area (Å²) in [7, 11) is 0. The number of hydrogen-bond acceptors (Lipinski definition) is 4. The first kappa shape index (κ1) is 24.0. The second-order valence-corrected chi connectivity index (χ2v) is 8.88. The van der Waals surface area contributed by atoms with Crippen LogP contribution in [0.3, 0.4) is 0 Å². The number of carbonyl (C=O) groups excluding carboxylic acids is 3. The van der Waals surface area contributed by atoms with Crippen molar-refractivity contribution in [3.8, 4) is 0 Å². The van der Waals surface area contributed by atoms with Gasteiger partial charge in [-0.2, -0.15) is 0 Å². The second-order valence-electron chi connectivity index (χ2n) is 8.88. The van der Waals surface area contributed by atoms with Gasteiger partial charge < -0.3 is 10.1 Å². The van der Waals surface area contributed by atoms with Crippen molar-refractivity contribution in [3.05, 3.63) is 143 Å². The van der Waals surface area contributed by atoms with Crippen LogP contribution in [0.2, 0.25) is 0 Å². The van der Waals surface area contributed by atoms with E-state index in [0.717, 1.165) is 16.7 Å². The highest BCUT2D eigenvalue weighted by Gasteiger charge is 2.39. The van der Waals surface area contributed by atoms with Crippen molar-refractivity contribution in [1.82, 2.24) is 10.2 Å². The van der Waals surface area contributed by atoms with Gasteiger partial charge in [-0.1, -0.05) is 103 Å². The van der Waals surface area contributed by atoms with E-state index in [4.69, 9.17) is 4.74 Å². The number of hydrogen-bond donors (Lipinski definition) is 1. The average Bonchev–Trinajstić information content (AvgIpc) is 3.18. The van der Waals surface area contributed by atoms with E-state index in [9.17, 15) is 14.4 Å². The fraction of sp³-hybridized carbons (Fsp3) is 0.129. The summed E-state index contributed by atoms with van der Waals surface area (Å²) in [6, 6.07) is 35.0. The zero-order valence-corrected chi connectivity index (χ0v) is 20.1. The van der Waals surface area contributed by atoms with Crippen molar-refractivity contribution in [3.63, 3.8) is 0 Å². The molecule has 1 aliphatic rings. The summed E-state index contributed by atoms with van der Waals surface area (Å²) in [4.78, 5) is 40.6. The highest BCUT2D eigenvalue weighted by molar-refractivity contribution is 6.21. The van der Waals surface area contributed by atoms with Gasteiger partial charge in [-0.3, -0.25) is 14.5 Å². The van der Waals surface area contributed by atoms with Gasteiger partial charge in [0.15, 0.2) is 0 Å². The number of imide groups is 1. The molecule has 0 radical (unpaired) electrons. The number of rotatable bonds is 8. The lowest BCUT2D eigenvalue weighted by molar-refractivity contribution is 0.0628. The number of alkyl carbamates (subject to hydrolysis) is 1. The van der Waals surface area contributed by atoms with Gasteiger partial charge in [0.2, 0.25) is 0 Å². The van der Waals surface area contributed by atoms with Crippen molar-refractivity contribution in [1.29, 1.82) is 0 Å². The standard InChI is InChI=1S/C31H26N2O4/c34-29-25-18-10-11-19-26(25)30(35)33(29)20-27(32-31(36)37-21-22-12-4-1-5-13-22)28(23-14-6-2-7-15-23)24-16-8-3-9-17-24/h1-19,27-28H,20-21H2,(H,32,36). The molecule has 1 atom stereocenters. The average molecular weight is 491 g/mol. The first-order valence-electron chi connectivity index (χ1n) is 12.1. The van der Waals surface area contributed by atoms with Crippen LogP contribution in [0.4, 0.5) is 4.79 Å². The summed E-state index contributed by atoms with van der Waals surface area (Å²) < 4.78 is 5.52. The Bertz CT molecular complexity index is 1320. The van der Waals surface area contributed by atoms with E-state index in [1.807, 2.05) is 91.0 Å². The number of ether oxygens (including phenoxy) is 1. The largest absolute Gasteiger partial charge is 0.445 e. The van der Waals surface area contributed by atoms with Gasteiger partial charge in [0.05, 0.1) is 23.7 Å². The van der Waals surface area contributed by atoms with Crippen molar-refractivity contribution in [2.75, 3.05) is 6.54 Å². The summed E-state index contributed by atoms with van der Waals surface area (Å²) in [5, 5.41) is 2.97. The molecule has 1 aliphatic heterocycles. The molecule has 0 bridgehead atoms. The Morgan fingerprint density at radius 3 is 1.65 bits per heavy atom. The number of nitrogens with one attached hydrogen (secondary N) is 1. The van der Waals surface area contributed by atoms with Crippen LogP contribution >= 0.6 is 0 Å². The van der Waals surface area contributed by atoms with Crippen LogP contribution in [0.5, 0.6) is 0 Å². The minimum Gasteiger partial charge on any atom is -0.445 e. The van der Waals surface area contributed by atoms with Gasteiger partial charge in [-0.25, -0.2) is 4.79 Å². The van der Waals surface area contributed by atoms with E-state index in [1.165, 1.54) is 4.90 Å². The van der Waals surface area contributed by atoms with Crippen molar-refractivity contribution in [2.45, 2.75) is 18.6 Å². The lowest BCUT2D eigenvalue weighted by atomic mass is 9.84. The third kappa shape index (κ3) is 5.28. The predicted molar refractivity (Wildman–Crippen MR) is 140 cm³/mol. The molecule has 1 N–H and O–H groups in total. The van der Waals surface area contributed by atoms with E-state index in [1.54, 1.807) is 24.3 Å². The minimum absolute atomic E-state index is 0.0127. The molecule has 1 unspecified atom stereocenters. The molecule has 4 aromatic carbocycles. The molecule has 184 valence electrons. The van der Waals surface area contributed by atoms with Gasteiger partial charge in [0, 0.05) is 5.92 Å².